The van der Waals surface area contributed by atoms with E-state index in [1.807, 2.05) is 55.4 Å². The maximum atomic E-state index is 12.9. The number of nitrogens with one attached hydrogen (secondary N) is 2. The van der Waals surface area contributed by atoms with Gasteiger partial charge in [-0.1, -0.05) is 81.1 Å². The lowest BCUT2D eigenvalue weighted by Crippen LogP contribution is -2.52. The minimum absolute atomic E-state index is 0.156. The molecule has 0 heterocycles. The summed E-state index contributed by atoms with van der Waals surface area (Å²) in [6, 6.07) is -1.48. The molecule has 0 aliphatic heterocycles. The first kappa shape index (κ1) is 28.2. The maximum Gasteiger partial charge on any atom is 0.407 e. The van der Waals surface area contributed by atoms with Crippen molar-refractivity contribution in [3.05, 3.63) is 0 Å². The number of carbonyl (C=O) groups excluding carboxylic acids is 3. The summed E-state index contributed by atoms with van der Waals surface area (Å²) in [6.45, 7) is 16.4. The molecule has 0 bridgehead atoms. The van der Waals surface area contributed by atoms with Crippen LogP contribution >= 0.6 is 0 Å². The van der Waals surface area contributed by atoms with Crippen LogP contribution in [0.2, 0.25) is 0 Å². The standard InChI is InChI=1S/C23H44N2O5/c1-9-11-13-17(25-21(28)30-16-23(6,7)8)19(26)24-18(14-12-10-2)20(27)29-15-22(3,4)5/h17-18H,9-16H2,1-8H3,(H,24,26)(H,25,28). The van der Waals surface area contributed by atoms with Crippen molar-refractivity contribution in [2.24, 2.45) is 10.8 Å². The molecule has 7 nitrogen and oxygen atoms in total. The van der Waals surface area contributed by atoms with Gasteiger partial charge in [0.05, 0.1) is 13.2 Å². The first-order valence-corrected chi connectivity index (χ1v) is 11.2. The molecule has 2 N–H and O–H groups in total. The van der Waals surface area contributed by atoms with E-state index in [1.54, 1.807) is 0 Å². The Morgan fingerprint density at radius 3 is 1.67 bits per heavy atom. The molecule has 7 heteroatoms. The largest absolute Gasteiger partial charge is 0.464 e. The molecule has 0 saturated carbocycles. The van der Waals surface area contributed by atoms with E-state index in [-0.39, 0.29) is 30.0 Å². The maximum absolute atomic E-state index is 12.9. The normalized spacial score (nSPS) is 13.9. The Balaban J connectivity index is 5.08. The SMILES string of the molecule is CCCCC(NC(=O)OCC(C)(C)C)C(=O)NC(CCCC)C(=O)OCC(C)(C)C. The lowest BCUT2D eigenvalue weighted by atomic mass is 9.98. The van der Waals surface area contributed by atoms with Crippen molar-refractivity contribution in [3.63, 3.8) is 0 Å². The Hall–Kier alpha value is -1.79. The number of rotatable bonds is 12. The predicted molar refractivity (Wildman–Crippen MR) is 119 cm³/mol. The van der Waals surface area contributed by atoms with Gasteiger partial charge in [0.25, 0.3) is 0 Å². The molecule has 0 spiro atoms. The molecule has 0 fully saturated rings. The summed E-state index contributed by atoms with van der Waals surface area (Å²) in [5, 5.41) is 5.45. The first-order valence-electron chi connectivity index (χ1n) is 11.2. The molecular formula is C23H44N2O5. The van der Waals surface area contributed by atoms with Crippen LogP contribution in [0.5, 0.6) is 0 Å². The summed E-state index contributed by atoms with van der Waals surface area (Å²) >= 11 is 0. The monoisotopic (exact) mass is 428 g/mol. The number of alkyl carbamates (subject to hydrolysis) is 1. The van der Waals surface area contributed by atoms with Crippen molar-refractivity contribution < 1.29 is 23.9 Å². The number of hydrogen-bond acceptors (Lipinski definition) is 5. The number of ether oxygens (including phenoxy) is 2. The Labute approximate surface area is 183 Å². The summed E-state index contributed by atoms with van der Waals surface area (Å²) < 4.78 is 10.7. The molecule has 0 aliphatic carbocycles. The minimum Gasteiger partial charge on any atom is -0.464 e. The molecule has 0 radical (unpaired) electrons. The van der Waals surface area contributed by atoms with Crippen molar-refractivity contribution in [3.8, 4) is 0 Å². The molecular weight excluding hydrogens is 384 g/mol. The average Bonchev–Trinajstić information content (AvgIpc) is 2.63. The third kappa shape index (κ3) is 14.2. The van der Waals surface area contributed by atoms with Gasteiger partial charge in [0, 0.05) is 0 Å². The fraction of sp³-hybridized carbons (Fsp3) is 0.870. The van der Waals surface area contributed by atoms with Gasteiger partial charge in [0.2, 0.25) is 5.91 Å². The van der Waals surface area contributed by atoms with Crippen LogP contribution in [-0.4, -0.2) is 43.3 Å². The zero-order valence-corrected chi connectivity index (χ0v) is 20.4. The minimum atomic E-state index is -0.753. The molecule has 2 atom stereocenters. The number of esters is 1. The topological polar surface area (TPSA) is 93.7 Å². The highest BCUT2D eigenvalue weighted by atomic mass is 16.5. The summed E-state index contributed by atoms with van der Waals surface area (Å²) in [7, 11) is 0. The number of unbranched alkanes of at least 4 members (excludes halogenated alkanes) is 2. The lowest BCUT2D eigenvalue weighted by molar-refractivity contribution is -0.150. The van der Waals surface area contributed by atoms with E-state index in [2.05, 4.69) is 10.6 Å². The van der Waals surface area contributed by atoms with Crippen molar-refractivity contribution in [2.45, 2.75) is 106 Å². The third-order valence-corrected chi connectivity index (χ3v) is 4.19. The first-order chi connectivity index (χ1) is 13.8. The predicted octanol–water partition coefficient (Wildman–Crippen LogP) is 4.58. The Morgan fingerprint density at radius 2 is 1.20 bits per heavy atom. The average molecular weight is 429 g/mol. The molecule has 0 aliphatic rings. The summed E-state index contributed by atoms with van der Waals surface area (Å²) in [5.74, 6) is -0.818. The molecule has 176 valence electrons. The van der Waals surface area contributed by atoms with E-state index >= 15 is 0 Å². The number of amides is 2. The van der Waals surface area contributed by atoms with E-state index in [4.69, 9.17) is 9.47 Å². The Morgan fingerprint density at radius 1 is 0.733 bits per heavy atom. The third-order valence-electron chi connectivity index (χ3n) is 4.19. The highest BCUT2D eigenvalue weighted by molar-refractivity contribution is 5.89. The van der Waals surface area contributed by atoms with Gasteiger partial charge in [-0.25, -0.2) is 9.59 Å². The lowest BCUT2D eigenvalue weighted by Gasteiger charge is -2.25. The van der Waals surface area contributed by atoms with Crippen LogP contribution in [0.15, 0.2) is 0 Å². The second-order valence-corrected chi connectivity index (χ2v) is 10.3. The molecule has 0 rings (SSSR count). The summed E-state index contributed by atoms with van der Waals surface area (Å²) in [5.41, 5.74) is -0.322. The van der Waals surface area contributed by atoms with Crippen molar-refractivity contribution in [1.82, 2.24) is 10.6 Å². The fourth-order valence-electron chi connectivity index (χ4n) is 2.46. The number of carbonyl (C=O) groups is 3. The van der Waals surface area contributed by atoms with Crippen LogP contribution in [0.25, 0.3) is 0 Å². The summed E-state index contributed by atoms with van der Waals surface area (Å²) in [4.78, 5) is 37.6. The molecule has 2 amide bonds. The van der Waals surface area contributed by atoms with Crippen LogP contribution in [0.1, 0.15) is 93.9 Å². The Kier molecular flexibility index (Phi) is 12.7. The van der Waals surface area contributed by atoms with Gasteiger partial charge in [-0.15, -0.1) is 0 Å². The smallest absolute Gasteiger partial charge is 0.407 e. The van der Waals surface area contributed by atoms with Crippen LogP contribution in [0.3, 0.4) is 0 Å². The highest BCUT2D eigenvalue weighted by Crippen LogP contribution is 2.15. The van der Waals surface area contributed by atoms with Crippen LogP contribution in [0.4, 0.5) is 4.79 Å². The fourth-order valence-corrected chi connectivity index (χ4v) is 2.46. The van der Waals surface area contributed by atoms with E-state index < -0.39 is 24.1 Å². The zero-order valence-electron chi connectivity index (χ0n) is 20.4. The van der Waals surface area contributed by atoms with Crippen molar-refractivity contribution in [1.29, 1.82) is 0 Å². The quantitative estimate of drug-likeness (QED) is 0.444. The van der Waals surface area contributed by atoms with Crippen molar-refractivity contribution >= 4 is 18.0 Å². The van der Waals surface area contributed by atoms with Crippen LogP contribution < -0.4 is 10.6 Å². The van der Waals surface area contributed by atoms with Crippen LogP contribution in [-0.2, 0) is 19.1 Å². The van der Waals surface area contributed by atoms with Gasteiger partial charge in [-0.2, -0.15) is 0 Å². The molecule has 0 saturated heterocycles. The highest BCUT2D eigenvalue weighted by Gasteiger charge is 2.28. The van der Waals surface area contributed by atoms with E-state index in [0.717, 1.165) is 25.7 Å². The van der Waals surface area contributed by atoms with E-state index in [9.17, 15) is 14.4 Å². The molecule has 30 heavy (non-hydrogen) atoms. The van der Waals surface area contributed by atoms with E-state index in [0.29, 0.717) is 12.8 Å². The van der Waals surface area contributed by atoms with Crippen LogP contribution in [0, 0.1) is 10.8 Å². The van der Waals surface area contributed by atoms with Gasteiger partial charge in [-0.3, -0.25) is 4.79 Å². The summed E-state index contributed by atoms with van der Waals surface area (Å²) in [6.07, 6.45) is 3.69. The Bertz CT molecular complexity index is 535. The molecule has 0 aromatic heterocycles. The van der Waals surface area contributed by atoms with Gasteiger partial charge >= 0.3 is 12.1 Å². The van der Waals surface area contributed by atoms with Crippen molar-refractivity contribution in [2.75, 3.05) is 13.2 Å². The second-order valence-electron chi connectivity index (χ2n) is 10.3. The van der Waals surface area contributed by atoms with Gasteiger partial charge < -0.3 is 20.1 Å². The van der Waals surface area contributed by atoms with Gasteiger partial charge in [-0.05, 0) is 23.7 Å². The number of hydrogen-bond donors (Lipinski definition) is 2. The van der Waals surface area contributed by atoms with E-state index in [1.165, 1.54) is 0 Å². The molecule has 2 unspecified atom stereocenters. The molecule has 0 aromatic carbocycles. The molecule has 0 aromatic rings. The zero-order chi connectivity index (χ0) is 23.4. The van der Waals surface area contributed by atoms with Gasteiger partial charge in [0.1, 0.15) is 12.1 Å². The van der Waals surface area contributed by atoms with Gasteiger partial charge in [0.15, 0.2) is 0 Å². The second kappa shape index (κ2) is 13.5.